The highest BCUT2D eigenvalue weighted by molar-refractivity contribution is 7.91. The van der Waals surface area contributed by atoms with E-state index in [0.29, 0.717) is 27.8 Å². The molecule has 11 nitrogen and oxygen atoms in total. The van der Waals surface area contributed by atoms with Crippen LogP contribution in [0.1, 0.15) is 13.8 Å². The van der Waals surface area contributed by atoms with E-state index in [1.54, 1.807) is 44.3 Å². The minimum atomic E-state index is -3.50. The van der Waals surface area contributed by atoms with E-state index in [1.807, 2.05) is 0 Å². The minimum absolute atomic E-state index is 0.00280. The van der Waals surface area contributed by atoms with Crippen molar-refractivity contribution in [2.45, 2.75) is 23.6 Å². The van der Waals surface area contributed by atoms with Crippen molar-refractivity contribution in [2.24, 2.45) is 20.5 Å². The molecule has 0 heterocycles. The Labute approximate surface area is 231 Å². The molecule has 4 aromatic carbocycles. The molecular formula is C27H27N5O6S2. The SMILES string of the molecule is CCS(=O)(=O)c1ccc(/N=N/c2c(NC)ccc3c(O)c(/N=N/c4ccc(S(=O)(=O)CC)cc4O)ccc23)cc1. The topological polar surface area (TPSA) is 170 Å². The normalized spacial score (nSPS) is 12.5. The quantitative estimate of drug-likeness (QED) is 0.184. The first-order valence-electron chi connectivity index (χ1n) is 12.2. The zero-order chi connectivity index (χ0) is 29.1. The van der Waals surface area contributed by atoms with Gasteiger partial charge in [0.2, 0.25) is 0 Å². The van der Waals surface area contributed by atoms with Crippen LogP contribution >= 0.6 is 0 Å². The Balaban J connectivity index is 1.68. The smallest absolute Gasteiger partial charge is 0.178 e. The molecule has 4 aromatic rings. The third-order valence-electron chi connectivity index (χ3n) is 6.18. The number of phenolic OH excluding ortho intramolecular Hbond substituents is 2. The molecule has 0 aromatic heterocycles. The number of rotatable bonds is 9. The van der Waals surface area contributed by atoms with Crippen molar-refractivity contribution in [3.05, 3.63) is 66.7 Å². The van der Waals surface area contributed by atoms with Crippen molar-refractivity contribution in [3.63, 3.8) is 0 Å². The zero-order valence-corrected chi connectivity index (χ0v) is 23.5. The molecule has 3 N–H and O–H groups in total. The first-order valence-corrected chi connectivity index (χ1v) is 15.5. The molecule has 0 saturated heterocycles. The third kappa shape index (κ3) is 5.80. The highest BCUT2D eigenvalue weighted by atomic mass is 32.2. The maximum atomic E-state index is 12.1. The lowest BCUT2D eigenvalue weighted by molar-refractivity contribution is 0.473. The van der Waals surface area contributed by atoms with E-state index >= 15 is 0 Å². The van der Waals surface area contributed by atoms with Gasteiger partial charge in [-0.3, -0.25) is 0 Å². The van der Waals surface area contributed by atoms with Gasteiger partial charge >= 0.3 is 0 Å². The van der Waals surface area contributed by atoms with Crippen molar-refractivity contribution in [2.75, 3.05) is 23.9 Å². The van der Waals surface area contributed by atoms with Gasteiger partial charge in [-0.25, -0.2) is 16.8 Å². The Morgan fingerprint density at radius 1 is 0.675 bits per heavy atom. The summed E-state index contributed by atoms with van der Waals surface area (Å²) in [6.45, 7) is 3.09. The van der Waals surface area contributed by atoms with Crippen LogP contribution in [0.4, 0.5) is 28.4 Å². The molecule has 0 fully saturated rings. The maximum absolute atomic E-state index is 12.1. The van der Waals surface area contributed by atoms with E-state index < -0.39 is 19.7 Å². The van der Waals surface area contributed by atoms with Gasteiger partial charge in [0.1, 0.15) is 22.8 Å². The van der Waals surface area contributed by atoms with Crippen molar-refractivity contribution in [3.8, 4) is 11.5 Å². The number of phenols is 2. The summed E-state index contributed by atoms with van der Waals surface area (Å²) in [6, 6.07) is 16.5. The number of sulfone groups is 2. The van der Waals surface area contributed by atoms with Gasteiger partial charge in [-0.1, -0.05) is 13.8 Å². The Kier molecular flexibility index (Phi) is 8.16. The summed E-state index contributed by atoms with van der Waals surface area (Å²) < 4.78 is 48.2. The van der Waals surface area contributed by atoms with E-state index in [2.05, 4.69) is 25.8 Å². The molecule has 40 heavy (non-hydrogen) atoms. The van der Waals surface area contributed by atoms with Crippen LogP contribution in [0.3, 0.4) is 0 Å². The first kappa shape index (κ1) is 28.6. The standard InChI is InChI=1S/C27H27N5O6S2/c1-4-39(35,36)18-8-6-17(7-9-18)29-32-26-20-11-15-24(27(34)21(20)12-14-23(26)28-3)31-30-22-13-10-19(16-25(22)33)40(37,38)5-2/h6-16,28,33-34H,4-5H2,1-3H3/b31-30+,32-29+. The van der Waals surface area contributed by atoms with E-state index in [-0.39, 0.29) is 44.2 Å². The number of nitrogens with one attached hydrogen (secondary N) is 1. The van der Waals surface area contributed by atoms with Crippen LogP contribution in [0, 0.1) is 0 Å². The monoisotopic (exact) mass is 581 g/mol. The summed E-state index contributed by atoms with van der Waals surface area (Å²) in [7, 11) is -5.11. The number of nitrogens with zero attached hydrogens (tertiary/aromatic N) is 4. The molecule has 0 amide bonds. The number of benzene rings is 4. The van der Waals surface area contributed by atoms with Crippen LogP contribution in [0.25, 0.3) is 10.8 Å². The molecule has 13 heteroatoms. The average Bonchev–Trinajstić information content (AvgIpc) is 2.96. The second kappa shape index (κ2) is 11.4. The average molecular weight is 582 g/mol. The van der Waals surface area contributed by atoms with Crippen LogP contribution in [0.5, 0.6) is 11.5 Å². The zero-order valence-electron chi connectivity index (χ0n) is 21.9. The third-order valence-corrected chi connectivity index (χ3v) is 9.67. The predicted octanol–water partition coefficient (Wildman–Crippen LogP) is 6.71. The van der Waals surface area contributed by atoms with Crippen LogP contribution in [-0.4, -0.2) is 45.6 Å². The molecule has 208 valence electrons. The molecule has 0 unspecified atom stereocenters. The number of anilines is 1. The van der Waals surface area contributed by atoms with Crippen LogP contribution in [0.2, 0.25) is 0 Å². The molecule has 0 aliphatic rings. The lowest BCUT2D eigenvalue weighted by Gasteiger charge is -2.10. The maximum Gasteiger partial charge on any atom is 0.178 e. The minimum Gasteiger partial charge on any atom is -0.506 e. The molecule has 0 aliphatic carbocycles. The highest BCUT2D eigenvalue weighted by Gasteiger charge is 2.16. The molecule has 0 spiro atoms. The number of hydrogen-bond acceptors (Lipinski definition) is 11. The second-order valence-corrected chi connectivity index (χ2v) is 13.1. The van der Waals surface area contributed by atoms with Gasteiger partial charge in [0, 0.05) is 23.9 Å². The molecule has 0 atom stereocenters. The van der Waals surface area contributed by atoms with Gasteiger partial charge in [-0.15, -0.1) is 15.3 Å². The van der Waals surface area contributed by atoms with E-state index in [0.717, 1.165) is 6.07 Å². The number of hydrogen-bond donors (Lipinski definition) is 3. The first-order chi connectivity index (χ1) is 19.0. The molecule has 0 radical (unpaired) electrons. The number of fused-ring (bicyclic) bond motifs is 1. The second-order valence-electron chi connectivity index (χ2n) is 8.59. The van der Waals surface area contributed by atoms with E-state index in [9.17, 15) is 27.0 Å². The summed E-state index contributed by atoms with van der Waals surface area (Å²) in [5, 5.41) is 41.8. The van der Waals surface area contributed by atoms with Crippen molar-refractivity contribution >= 4 is 58.9 Å². The largest absolute Gasteiger partial charge is 0.506 e. The fourth-order valence-electron chi connectivity index (χ4n) is 3.80. The fraction of sp³-hybridized carbons (Fsp3) is 0.185. The Bertz CT molecular complexity index is 1850. The number of azo groups is 2. The highest BCUT2D eigenvalue weighted by Crippen LogP contribution is 2.43. The summed E-state index contributed by atoms with van der Waals surface area (Å²) in [5.74, 6) is -0.652. The fourth-order valence-corrected chi connectivity index (χ4v) is 5.59. The molecule has 4 rings (SSSR count). The van der Waals surface area contributed by atoms with E-state index in [4.69, 9.17) is 0 Å². The van der Waals surface area contributed by atoms with Gasteiger partial charge < -0.3 is 15.5 Å². The summed E-state index contributed by atoms with van der Waals surface area (Å²) in [5.41, 5.74) is 1.68. The molecule has 0 saturated carbocycles. The number of aromatic hydroxyl groups is 2. The Morgan fingerprint density at radius 3 is 1.88 bits per heavy atom. The summed E-state index contributed by atoms with van der Waals surface area (Å²) >= 11 is 0. The predicted molar refractivity (Wildman–Crippen MR) is 154 cm³/mol. The summed E-state index contributed by atoms with van der Waals surface area (Å²) in [6.07, 6.45) is 0. The van der Waals surface area contributed by atoms with E-state index in [1.165, 1.54) is 37.3 Å². The van der Waals surface area contributed by atoms with Crippen molar-refractivity contribution in [1.82, 2.24) is 0 Å². The van der Waals surface area contributed by atoms with Gasteiger partial charge in [0.05, 0.1) is 32.7 Å². The van der Waals surface area contributed by atoms with Crippen LogP contribution < -0.4 is 5.32 Å². The molecule has 0 aliphatic heterocycles. The van der Waals surface area contributed by atoms with Crippen molar-refractivity contribution in [1.29, 1.82) is 0 Å². The molecular weight excluding hydrogens is 554 g/mol. The van der Waals surface area contributed by atoms with Gasteiger partial charge in [-0.05, 0) is 60.7 Å². The van der Waals surface area contributed by atoms with Crippen LogP contribution in [0.15, 0.2) is 97.0 Å². The van der Waals surface area contributed by atoms with Crippen LogP contribution in [-0.2, 0) is 19.7 Å². The Hall–Kier alpha value is -4.36. The lowest BCUT2D eigenvalue weighted by Crippen LogP contribution is -2.02. The Morgan fingerprint density at radius 2 is 1.25 bits per heavy atom. The van der Waals surface area contributed by atoms with Gasteiger partial charge in [0.15, 0.2) is 25.4 Å². The molecule has 0 bridgehead atoms. The van der Waals surface area contributed by atoms with Gasteiger partial charge in [-0.2, -0.15) is 5.11 Å². The lowest BCUT2D eigenvalue weighted by atomic mass is 10.1. The van der Waals surface area contributed by atoms with Gasteiger partial charge in [0.25, 0.3) is 0 Å². The summed E-state index contributed by atoms with van der Waals surface area (Å²) in [4.78, 5) is 0.181. The van der Waals surface area contributed by atoms with Crippen molar-refractivity contribution < 1.29 is 27.0 Å².